The molecule has 2 unspecified atom stereocenters. The summed E-state index contributed by atoms with van der Waals surface area (Å²) in [4.78, 5) is 22.5. The van der Waals surface area contributed by atoms with Gasteiger partial charge in [0.2, 0.25) is 5.91 Å². The highest BCUT2D eigenvalue weighted by Crippen LogP contribution is 2.32. The van der Waals surface area contributed by atoms with Gasteiger partial charge in [-0.05, 0) is 5.56 Å². The van der Waals surface area contributed by atoms with Crippen LogP contribution in [-0.4, -0.2) is 35.3 Å². The van der Waals surface area contributed by atoms with E-state index >= 15 is 0 Å². The van der Waals surface area contributed by atoms with E-state index in [1.54, 1.807) is 18.2 Å². The van der Waals surface area contributed by atoms with Crippen LogP contribution in [0, 0.1) is 0 Å². The van der Waals surface area contributed by atoms with E-state index in [4.69, 9.17) is 0 Å². The second-order valence-electron chi connectivity index (χ2n) is 4.02. The van der Waals surface area contributed by atoms with Crippen molar-refractivity contribution in [2.24, 2.45) is 0 Å². The third-order valence-electron chi connectivity index (χ3n) is 2.86. The summed E-state index contributed by atoms with van der Waals surface area (Å²) in [6.07, 6.45) is -2.89. The number of rotatable bonds is 3. The molecule has 96 valence electrons. The minimum absolute atomic E-state index is 0.183. The molecule has 1 aliphatic rings. The van der Waals surface area contributed by atoms with Crippen LogP contribution in [0.1, 0.15) is 17.2 Å². The van der Waals surface area contributed by atoms with E-state index in [2.05, 4.69) is 10.1 Å². The summed E-state index contributed by atoms with van der Waals surface area (Å²) >= 11 is 0. The summed E-state index contributed by atoms with van der Waals surface area (Å²) in [6.45, 7) is 0. The number of hydrogen-bond acceptors (Lipinski definition) is 5. The number of aliphatic hydroxyl groups excluding tert-OH is 2. The molecular weight excluding hydrogens is 238 g/mol. The van der Waals surface area contributed by atoms with Gasteiger partial charge in [0, 0.05) is 5.56 Å². The Balaban J connectivity index is 2.32. The van der Waals surface area contributed by atoms with Gasteiger partial charge in [-0.2, -0.15) is 0 Å². The zero-order chi connectivity index (χ0) is 13.3. The van der Waals surface area contributed by atoms with E-state index in [1.807, 2.05) is 0 Å². The van der Waals surface area contributed by atoms with Gasteiger partial charge in [0.05, 0.1) is 19.2 Å². The van der Waals surface area contributed by atoms with Crippen molar-refractivity contribution in [2.45, 2.75) is 18.6 Å². The van der Waals surface area contributed by atoms with Crippen LogP contribution in [0.2, 0.25) is 0 Å². The minimum atomic E-state index is -1.68. The summed E-state index contributed by atoms with van der Waals surface area (Å²) in [5.41, 5.74) is 1.49. The molecule has 2 atom stereocenters. The summed E-state index contributed by atoms with van der Waals surface area (Å²) in [7, 11) is 1.12. The monoisotopic (exact) mass is 251 g/mol. The number of aliphatic hydroxyl groups is 2. The lowest BCUT2D eigenvalue weighted by atomic mass is 9.99. The van der Waals surface area contributed by atoms with Crippen molar-refractivity contribution in [1.29, 1.82) is 0 Å². The Hall–Kier alpha value is -1.92. The summed E-state index contributed by atoms with van der Waals surface area (Å²) < 4.78 is 4.36. The number of para-hydroxylation sites is 1. The SMILES string of the molecule is COC(=O)C(O)C(O)c1cccc2c1NC(=O)C2. The smallest absolute Gasteiger partial charge is 0.337 e. The molecule has 0 radical (unpaired) electrons. The second-order valence-corrected chi connectivity index (χ2v) is 4.02. The molecule has 1 amide bonds. The zero-order valence-electron chi connectivity index (χ0n) is 9.71. The van der Waals surface area contributed by atoms with Gasteiger partial charge in [-0.15, -0.1) is 0 Å². The molecule has 6 nitrogen and oxygen atoms in total. The van der Waals surface area contributed by atoms with Crippen LogP contribution in [0.3, 0.4) is 0 Å². The number of amides is 1. The van der Waals surface area contributed by atoms with Crippen molar-refractivity contribution in [3.8, 4) is 0 Å². The summed E-state index contributed by atoms with van der Waals surface area (Å²) in [6, 6.07) is 4.94. The summed E-state index contributed by atoms with van der Waals surface area (Å²) in [5.74, 6) is -1.11. The van der Waals surface area contributed by atoms with Crippen LogP contribution < -0.4 is 5.32 Å². The van der Waals surface area contributed by atoms with Crippen LogP contribution in [0.4, 0.5) is 5.69 Å². The molecule has 0 aliphatic carbocycles. The minimum Gasteiger partial charge on any atom is -0.467 e. The van der Waals surface area contributed by atoms with Crippen molar-refractivity contribution in [1.82, 2.24) is 0 Å². The van der Waals surface area contributed by atoms with Gasteiger partial charge in [0.15, 0.2) is 6.10 Å². The van der Waals surface area contributed by atoms with E-state index in [0.717, 1.165) is 12.7 Å². The highest BCUT2D eigenvalue weighted by atomic mass is 16.5. The molecule has 1 aromatic carbocycles. The van der Waals surface area contributed by atoms with Gasteiger partial charge >= 0.3 is 5.97 Å². The van der Waals surface area contributed by atoms with E-state index in [0.29, 0.717) is 11.3 Å². The Morgan fingerprint density at radius 1 is 1.44 bits per heavy atom. The van der Waals surface area contributed by atoms with E-state index < -0.39 is 18.2 Å². The molecule has 18 heavy (non-hydrogen) atoms. The maximum absolute atomic E-state index is 11.3. The van der Waals surface area contributed by atoms with Crippen LogP contribution in [0.5, 0.6) is 0 Å². The molecule has 0 spiro atoms. The predicted octanol–water partition coefficient (Wildman–Crippen LogP) is -0.252. The number of anilines is 1. The van der Waals surface area contributed by atoms with Gasteiger partial charge < -0.3 is 20.3 Å². The van der Waals surface area contributed by atoms with Crippen molar-refractivity contribution in [2.75, 3.05) is 12.4 Å². The maximum Gasteiger partial charge on any atom is 0.337 e. The number of esters is 1. The Kier molecular flexibility index (Phi) is 3.31. The molecular formula is C12H13NO5. The van der Waals surface area contributed by atoms with Crippen LogP contribution >= 0.6 is 0 Å². The number of fused-ring (bicyclic) bond motifs is 1. The second kappa shape index (κ2) is 4.75. The normalized spacial score (nSPS) is 16.7. The van der Waals surface area contributed by atoms with Crippen molar-refractivity contribution in [3.05, 3.63) is 29.3 Å². The predicted molar refractivity (Wildman–Crippen MR) is 61.8 cm³/mol. The molecule has 0 aromatic heterocycles. The Bertz CT molecular complexity index is 499. The van der Waals surface area contributed by atoms with Crippen molar-refractivity contribution >= 4 is 17.6 Å². The molecule has 0 bridgehead atoms. The Morgan fingerprint density at radius 3 is 2.83 bits per heavy atom. The lowest BCUT2D eigenvalue weighted by Crippen LogP contribution is -2.29. The Morgan fingerprint density at radius 2 is 2.17 bits per heavy atom. The topological polar surface area (TPSA) is 95.9 Å². The van der Waals surface area contributed by atoms with Crippen LogP contribution in [0.15, 0.2) is 18.2 Å². The fourth-order valence-corrected chi connectivity index (χ4v) is 1.94. The van der Waals surface area contributed by atoms with E-state index in [9.17, 15) is 19.8 Å². The van der Waals surface area contributed by atoms with Crippen molar-refractivity contribution < 1.29 is 24.5 Å². The average molecular weight is 251 g/mol. The number of carbonyl (C=O) groups excluding carboxylic acids is 2. The molecule has 0 saturated carbocycles. The molecule has 1 heterocycles. The fraction of sp³-hybridized carbons (Fsp3) is 0.333. The molecule has 2 rings (SSSR count). The Labute approximate surface area is 103 Å². The standard InChI is InChI=1S/C12H13NO5/c1-18-12(17)11(16)10(15)7-4-2-3-6-5-8(14)13-9(6)7/h2-4,10-11,15-16H,5H2,1H3,(H,13,14). The number of hydrogen-bond donors (Lipinski definition) is 3. The maximum atomic E-state index is 11.3. The summed E-state index contributed by atoms with van der Waals surface area (Å²) in [5, 5.41) is 22.1. The average Bonchev–Trinajstić information content (AvgIpc) is 2.75. The number of methoxy groups -OCH3 is 1. The zero-order valence-corrected chi connectivity index (χ0v) is 9.71. The molecule has 1 aromatic rings. The van der Waals surface area contributed by atoms with Gasteiger partial charge in [-0.25, -0.2) is 4.79 Å². The molecule has 1 aliphatic heterocycles. The number of ether oxygens (including phenoxy) is 1. The van der Waals surface area contributed by atoms with Crippen LogP contribution in [0.25, 0.3) is 0 Å². The van der Waals surface area contributed by atoms with Gasteiger partial charge in [-0.3, -0.25) is 4.79 Å². The largest absolute Gasteiger partial charge is 0.467 e. The van der Waals surface area contributed by atoms with Gasteiger partial charge in [0.25, 0.3) is 0 Å². The first-order valence-electron chi connectivity index (χ1n) is 5.40. The lowest BCUT2D eigenvalue weighted by molar-refractivity contribution is -0.156. The lowest BCUT2D eigenvalue weighted by Gasteiger charge is -2.18. The fourth-order valence-electron chi connectivity index (χ4n) is 1.94. The first-order valence-corrected chi connectivity index (χ1v) is 5.40. The third-order valence-corrected chi connectivity index (χ3v) is 2.86. The van der Waals surface area contributed by atoms with E-state index in [1.165, 1.54) is 0 Å². The van der Waals surface area contributed by atoms with Crippen LogP contribution in [-0.2, 0) is 20.7 Å². The third kappa shape index (κ3) is 2.07. The molecule has 6 heteroatoms. The number of carbonyl (C=O) groups is 2. The van der Waals surface area contributed by atoms with Gasteiger partial charge in [0.1, 0.15) is 6.10 Å². The van der Waals surface area contributed by atoms with Crippen molar-refractivity contribution in [3.63, 3.8) is 0 Å². The quantitative estimate of drug-likeness (QED) is 0.644. The molecule has 0 fully saturated rings. The number of benzene rings is 1. The molecule has 0 saturated heterocycles. The van der Waals surface area contributed by atoms with Gasteiger partial charge in [-0.1, -0.05) is 18.2 Å². The first kappa shape index (κ1) is 12.5. The first-order chi connectivity index (χ1) is 8.54. The highest BCUT2D eigenvalue weighted by molar-refractivity contribution is 6.00. The van der Waals surface area contributed by atoms with E-state index in [-0.39, 0.29) is 12.3 Å². The molecule has 3 N–H and O–H groups in total. The number of nitrogens with one attached hydrogen (secondary N) is 1. The highest BCUT2D eigenvalue weighted by Gasteiger charge is 2.31.